The van der Waals surface area contributed by atoms with Crippen LogP contribution in [0.1, 0.15) is 27.2 Å². The lowest BCUT2D eigenvalue weighted by Crippen LogP contribution is -2.24. The number of hydrogen-bond donors (Lipinski definition) is 1. The van der Waals surface area contributed by atoms with Crippen LogP contribution in [0.5, 0.6) is 0 Å². The first-order valence-electron chi connectivity index (χ1n) is 10.4. The van der Waals surface area contributed by atoms with E-state index in [2.05, 4.69) is 20.4 Å². The van der Waals surface area contributed by atoms with Crippen molar-refractivity contribution in [3.63, 3.8) is 0 Å². The third-order valence-electron chi connectivity index (χ3n) is 5.47. The Bertz CT molecular complexity index is 1430. The smallest absolute Gasteiger partial charge is 0.259 e. The lowest BCUT2D eigenvalue weighted by atomic mass is 10.0. The lowest BCUT2D eigenvalue weighted by molar-refractivity contribution is 0.0952. The molecule has 0 bridgehead atoms. The van der Waals surface area contributed by atoms with Gasteiger partial charge in [-0.3, -0.25) is 4.79 Å². The fourth-order valence-corrected chi connectivity index (χ4v) is 3.77. The number of nitrogens with one attached hydrogen (secondary N) is 1. The molecular formula is C25H20FN5O2. The Balaban J connectivity index is 1.44. The van der Waals surface area contributed by atoms with Crippen molar-refractivity contribution in [1.29, 1.82) is 0 Å². The summed E-state index contributed by atoms with van der Waals surface area (Å²) in [5.74, 6) is -0.614. The molecule has 0 spiro atoms. The maximum Gasteiger partial charge on any atom is 0.259 e. The summed E-state index contributed by atoms with van der Waals surface area (Å²) < 4.78 is 20.7. The van der Waals surface area contributed by atoms with Gasteiger partial charge in [-0.2, -0.15) is 0 Å². The van der Waals surface area contributed by atoms with E-state index >= 15 is 0 Å². The molecule has 0 aliphatic rings. The summed E-state index contributed by atoms with van der Waals surface area (Å²) in [5.41, 5.74) is 4.52. The van der Waals surface area contributed by atoms with Gasteiger partial charge in [-0.05, 0) is 48.4 Å². The molecule has 0 fully saturated rings. The minimum Gasteiger partial charge on any atom is -0.348 e. The molecule has 8 heteroatoms. The second kappa shape index (κ2) is 8.66. The highest BCUT2D eigenvalue weighted by Gasteiger charge is 2.19. The van der Waals surface area contributed by atoms with Crippen molar-refractivity contribution in [2.45, 2.75) is 20.0 Å². The number of benzene rings is 2. The van der Waals surface area contributed by atoms with Gasteiger partial charge >= 0.3 is 0 Å². The Kier molecular flexibility index (Phi) is 5.40. The number of imidazole rings is 1. The molecule has 0 radical (unpaired) electrons. The van der Waals surface area contributed by atoms with Crippen LogP contribution < -0.4 is 5.32 Å². The predicted octanol–water partition coefficient (Wildman–Crippen LogP) is 4.51. The molecule has 3 aromatic heterocycles. The van der Waals surface area contributed by atoms with E-state index in [4.69, 9.17) is 4.52 Å². The Morgan fingerprint density at radius 3 is 2.67 bits per heavy atom. The largest absolute Gasteiger partial charge is 0.348 e. The normalized spacial score (nSPS) is 11.1. The molecule has 2 aromatic carbocycles. The van der Waals surface area contributed by atoms with Crippen molar-refractivity contribution in [3.8, 4) is 11.3 Å². The molecule has 0 aliphatic heterocycles. The number of amides is 1. The Hall–Kier alpha value is -4.33. The summed E-state index contributed by atoms with van der Waals surface area (Å²) in [7, 11) is 0. The molecule has 1 amide bonds. The van der Waals surface area contributed by atoms with Gasteiger partial charge in [0.1, 0.15) is 5.82 Å². The zero-order valence-electron chi connectivity index (χ0n) is 17.8. The topological polar surface area (TPSA) is 85.8 Å². The van der Waals surface area contributed by atoms with E-state index in [-0.39, 0.29) is 17.4 Å². The lowest BCUT2D eigenvalue weighted by Gasteiger charge is -2.12. The molecule has 5 aromatic rings. The van der Waals surface area contributed by atoms with Crippen molar-refractivity contribution in [2.75, 3.05) is 0 Å². The van der Waals surface area contributed by atoms with Gasteiger partial charge in [-0.15, -0.1) is 0 Å². The van der Waals surface area contributed by atoms with Crippen molar-refractivity contribution in [3.05, 3.63) is 102 Å². The van der Waals surface area contributed by atoms with Crippen LogP contribution in [-0.4, -0.2) is 25.6 Å². The molecule has 7 nitrogen and oxygen atoms in total. The van der Waals surface area contributed by atoms with Crippen molar-refractivity contribution in [2.24, 2.45) is 0 Å². The summed E-state index contributed by atoms with van der Waals surface area (Å²) in [5, 5.41) is 7.55. The van der Waals surface area contributed by atoms with Crippen molar-refractivity contribution < 1.29 is 13.7 Å². The van der Waals surface area contributed by atoms with Gasteiger partial charge in [0.15, 0.2) is 0 Å². The SMILES string of the molecule is Cc1noc2nc(-c3ccc(F)cc3)cc(C(=O)NCc3ccccc3Cn3ccnc3)c12. The Morgan fingerprint density at radius 2 is 1.91 bits per heavy atom. The number of pyridine rings is 1. The molecule has 0 unspecified atom stereocenters. The van der Waals surface area contributed by atoms with Crippen LogP contribution in [-0.2, 0) is 13.1 Å². The molecule has 0 saturated heterocycles. The minimum absolute atomic E-state index is 0.264. The van der Waals surface area contributed by atoms with Crippen LogP contribution in [0.3, 0.4) is 0 Å². The Morgan fingerprint density at radius 1 is 1.12 bits per heavy atom. The molecule has 33 heavy (non-hydrogen) atoms. The number of aryl methyl sites for hydroxylation is 1. The van der Waals surface area contributed by atoms with Gasteiger partial charge in [0.25, 0.3) is 11.6 Å². The molecule has 1 N–H and O–H groups in total. The quantitative estimate of drug-likeness (QED) is 0.419. The van der Waals surface area contributed by atoms with Gasteiger partial charge < -0.3 is 14.4 Å². The van der Waals surface area contributed by atoms with Crippen LogP contribution in [0, 0.1) is 12.7 Å². The first kappa shape index (κ1) is 20.6. The van der Waals surface area contributed by atoms with Crippen LogP contribution in [0.25, 0.3) is 22.4 Å². The van der Waals surface area contributed by atoms with E-state index in [0.717, 1.165) is 11.1 Å². The molecule has 0 aliphatic carbocycles. The van der Waals surface area contributed by atoms with Crippen molar-refractivity contribution in [1.82, 2.24) is 25.0 Å². The predicted molar refractivity (Wildman–Crippen MR) is 121 cm³/mol. The summed E-state index contributed by atoms with van der Waals surface area (Å²) >= 11 is 0. The average Bonchev–Trinajstić information content (AvgIpc) is 3.48. The number of rotatable bonds is 6. The van der Waals surface area contributed by atoms with Crippen LogP contribution in [0.15, 0.2) is 77.8 Å². The highest BCUT2D eigenvalue weighted by molar-refractivity contribution is 6.07. The summed E-state index contributed by atoms with van der Waals surface area (Å²) in [4.78, 5) is 21.8. The van der Waals surface area contributed by atoms with Gasteiger partial charge in [-0.25, -0.2) is 14.4 Å². The van der Waals surface area contributed by atoms with E-state index in [1.54, 1.807) is 37.6 Å². The number of nitrogens with zero attached hydrogens (tertiary/aromatic N) is 4. The third-order valence-corrected chi connectivity index (χ3v) is 5.47. The monoisotopic (exact) mass is 441 g/mol. The van der Waals surface area contributed by atoms with Gasteiger partial charge in [0, 0.05) is 31.0 Å². The number of hydrogen-bond acceptors (Lipinski definition) is 5. The highest BCUT2D eigenvalue weighted by Crippen LogP contribution is 2.27. The van der Waals surface area contributed by atoms with Gasteiger partial charge in [0.2, 0.25) is 0 Å². The highest BCUT2D eigenvalue weighted by atomic mass is 19.1. The van der Waals surface area contributed by atoms with Crippen molar-refractivity contribution >= 4 is 17.0 Å². The second-order valence-corrected chi connectivity index (χ2v) is 7.70. The standard InChI is InChI=1S/C25H20FN5O2/c1-16-23-21(12-22(29-25(23)33-30-16)17-6-8-20(26)9-7-17)24(32)28-13-18-4-2-3-5-19(18)14-31-11-10-27-15-31/h2-12,15H,13-14H2,1H3,(H,28,32). The second-order valence-electron chi connectivity index (χ2n) is 7.70. The molecular weight excluding hydrogens is 421 g/mol. The van der Waals surface area contributed by atoms with E-state index in [1.165, 1.54) is 12.1 Å². The minimum atomic E-state index is -0.345. The molecule has 0 saturated carbocycles. The van der Waals surface area contributed by atoms with Gasteiger partial charge in [-0.1, -0.05) is 29.4 Å². The number of aromatic nitrogens is 4. The number of halogens is 1. The zero-order valence-corrected chi connectivity index (χ0v) is 17.8. The van der Waals surface area contributed by atoms with Crippen LogP contribution >= 0.6 is 0 Å². The van der Waals surface area contributed by atoms with Gasteiger partial charge in [0.05, 0.1) is 28.7 Å². The molecule has 5 rings (SSSR count). The molecule has 3 heterocycles. The number of fused-ring (bicyclic) bond motifs is 1. The zero-order chi connectivity index (χ0) is 22.8. The summed E-state index contributed by atoms with van der Waals surface area (Å²) in [6.45, 7) is 2.77. The van der Waals surface area contributed by atoms with E-state index in [0.29, 0.717) is 41.0 Å². The summed E-state index contributed by atoms with van der Waals surface area (Å²) in [6.07, 6.45) is 5.39. The van der Waals surface area contributed by atoms with E-state index < -0.39 is 0 Å². The maximum absolute atomic E-state index is 13.4. The summed E-state index contributed by atoms with van der Waals surface area (Å²) in [6, 6.07) is 15.5. The Labute approximate surface area is 188 Å². The first-order chi connectivity index (χ1) is 16.1. The number of carbonyl (C=O) groups excluding carboxylic acids is 1. The fraction of sp³-hybridized carbons (Fsp3) is 0.120. The first-order valence-corrected chi connectivity index (χ1v) is 10.4. The molecule has 0 atom stereocenters. The van der Waals surface area contributed by atoms with E-state index in [1.807, 2.05) is 35.0 Å². The van der Waals surface area contributed by atoms with Crippen LogP contribution in [0.4, 0.5) is 4.39 Å². The van der Waals surface area contributed by atoms with E-state index in [9.17, 15) is 9.18 Å². The fourth-order valence-electron chi connectivity index (χ4n) is 3.77. The third kappa shape index (κ3) is 4.23. The number of carbonyl (C=O) groups is 1. The van der Waals surface area contributed by atoms with Crippen LogP contribution in [0.2, 0.25) is 0 Å². The molecule has 164 valence electrons. The maximum atomic E-state index is 13.4. The average molecular weight is 441 g/mol.